The minimum Gasteiger partial charge on any atom is -0.493 e. The first-order chi connectivity index (χ1) is 16.7. The van der Waals surface area contributed by atoms with Gasteiger partial charge in [0.2, 0.25) is 0 Å². The average Bonchev–Trinajstić information content (AvgIpc) is 2.90. The first kappa shape index (κ1) is 23.6. The molecule has 0 aromatic heterocycles. The fraction of sp³-hybridized carbons (Fsp3) is 0.296. The molecule has 1 N–H and O–H groups in total. The number of amides is 1. The van der Waals surface area contributed by atoms with Crippen molar-refractivity contribution in [2.45, 2.75) is 6.04 Å². The Morgan fingerprint density at radius 1 is 0.912 bits per heavy atom. The van der Waals surface area contributed by atoms with Crippen LogP contribution in [0.15, 0.2) is 72.8 Å². The highest BCUT2D eigenvalue weighted by Gasteiger charge is 2.24. The third kappa shape index (κ3) is 5.87. The van der Waals surface area contributed by atoms with Crippen molar-refractivity contribution < 1.29 is 23.7 Å². The van der Waals surface area contributed by atoms with Crippen LogP contribution >= 0.6 is 0 Å². The Kier molecular flexibility index (Phi) is 8.01. The summed E-state index contributed by atoms with van der Waals surface area (Å²) >= 11 is 0. The van der Waals surface area contributed by atoms with Gasteiger partial charge in [0.05, 0.1) is 33.5 Å². The lowest BCUT2D eigenvalue weighted by molar-refractivity contribution is 0.0162. The smallest absolute Gasteiger partial charge is 0.251 e. The highest BCUT2D eigenvalue weighted by molar-refractivity contribution is 5.94. The molecule has 1 unspecified atom stereocenters. The molecule has 178 valence electrons. The molecule has 1 amide bonds. The topological polar surface area (TPSA) is 69.3 Å². The number of hydrogen-bond donors (Lipinski definition) is 1. The van der Waals surface area contributed by atoms with Crippen LogP contribution in [0.4, 0.5) is 0 Å². The average molecular weight is 463 g/mol. The maximum atomic E-state index is 12.9. The molecule has 1 atom stereocenters. The SMILES string of the molecule is COc1ccc(C(CNC(=O)c2ccc(Oc3ccccc3)cc2)N2CCOCC2)cc1OC. The molecule has 1 fully saturated rings. The second-order valence-electron chi connectivity index (χ2n) is 7.93. The van der Waals surface area contributed by atoms with E-state index in [1.54, 1.807) is 38.5 Å². The standard InChI is InChI=1S/C27H30N2O5/c1-31-25-13-10-21(18-26(25)32-2)24(29-14-16-33-17-15-29)19-28-27(30)20-8-11-23(12-9-20)34-22-6-4-3-5-7-22/h3-13,18,24H,14-17,19H2,1-2H3,(H,28,30). The van der Waals surface area contributed by atoms with Gasteiger partial charge in [-0.3, -0.25) is 9.69 Å². The van der Waals surface area contributed by atoms with E-state index in [9.17, 15) is 4.79 Å². The van der Waals surface area contributed by atoms with Crippen LogP contribution < -0.4 is 19.5 Å². The van der Waals surface area contributed by atoms with Crippen LogP contribution in [-0.2, 0) is 4.74 Å². The van der Waals surface area contributed by atoms with Crippen LogP contribution in [0.2, 0.25) is 0 Å². The third-order valence-corrected chi connectivity index (χ3v) is 5.83. The van der Waals surface area contributed by atoms with Crippen LogP contribution in [0.1, 0.15) is 22.0 Å². The van der Waals surface area contributed by atoms with Gasteiger partial charge in [-0.05, 0) is 54.1 Å². The zero-order chi connectivity index (χ0) is 23.8. The summed E-state index contributed by atoms with van der Waals surface area (Å²) < 4.78 is 22.2. The highest BCUT2D eigenvalue weighted by Crippen LogP contribution is 2.32. The number of ether oxygens (including phenoxy) is 4. The van der Waals surface area contributed by atoms with Crippen LogP contribution in [0.25, 0.3) is 0 Å². The first-order valence-electron chi connectivity index (χ1n) is 11.3. The number of carbonyl (C=O) groups excluding carboxylic acids is 1. The number of methoxy groups -OCH3 is 2. The van der Waals surface area contributed by atoms with Crippen LogP contribution in [-0.4, -0.2) is 57.9 Å². The third-order valence-electron chi connectivity index (χ3n) is 5.83. The van der Waals surface area contributed by atoms with Gasteiger partial charge in [0.15, 0.2) is 11.5 Å². The molecule has 1 aliphatic heterocycles. The van der Waals surface area contributed by atoms with Crippen molar-refractivity contribution in [3.05, 3.63) is 83.9 Å². The van der Waals surface area contributed by atoms with Crippen molar-refractivity contribution >= 4 is 5.91 Å². The van der Waals surface area contributed by atoms with Gasteiger partial charge in [0, 0.05) is 25.2 Å². The Morgan fingerprint density at radius 2 is 1.59 bits per heavy atom. The molecular formula is C27H30N2O5. The van der Waals surface area contributed by atoms with Gasteiger partial charge < -0.3 is 24.3 Å². The summed E-state index contributed by atoms with van der Waals surface area (Å²) in [7, 11) is 3.24. The fourth-order valence-electron chi connectivity index (χ4n) is 4.00. The summed E-state index contributed by atoms with van der Waals surface area (Å²) in [5, 5.41) is 3.10. The monoisotopic (exact) mass is 462 g/mol. The molecule has 0 spiro atoms. The van der Waals surface area contributed by atoms with E-state index in [1.165, 1.54) is 0 Å². The molecule has 7 heteroatoms. The quantitative estimate of drug-likeness (QED) is 0.511. The number of nitrogens with one attached hydrogen (secondary N) is 1. The van der Waals surface area contributed by atoms with Crippen molar-refractivity contribution in [2.24, 2.45) is 0 Å². The van der Waals surface area contributed by atoms with Crippen LogP contribution in [0.3, 0.4) is 0 Å². The highest BCUT2D eigenvalue weighted by atomic mass is 16.5. The number of carbonyl (C=O) groups is 1. The van der Waals surface area contributed by atoms with E-state index >= 15 is 0 Å². The Bertz CT molecular complexity index is 1070. The maximum absolute atomic E-state index is 12.9. The Labute approximate surface area is 200 Å². The van der Waals surface area contributed by atoms with Crippen LogP contribution in [0, 0.1) is 0 Å². The van der Waals surface area contributed by atoms with E-state index in [4.69, 9.17) is 18.9 Å². The van der Waals surface area contributed by atoms with Gasteiger partial charge in [-0.2, -0.15) is 0 Å². The molecule has 0 aliphatic carbocycles. The summed E-state index contributed by atoms with van der Waals surface area (Å²) in [5.74, 6) is 2.64. The molecule has 34 heavy (non-hydrogen) atoms. The van der Waals surface area contributed by atoms with Gasteiger partial charge >= 0.3 is 0 Å². The molecule has 3 aromatic rings. The van der Waals surface area contributed by atoms with E-state index in [0.29, 0.717) is 42.6 Å². The van der Waals surface area contributed by atoms with Crippen LogP contribution in [0.5, 0.6) is 23.0 Å². The molecule has 0 bridgehead atoms. The van der Waals surface area contributed by atoms with Gasteiger partial charge in [0.25, 0.3) is 5.91 Å². The number of morpholine rings is 1. The Morgan fingerprint density at radius 3 is 2.26 bits per heavy atom. The second-order valence-corrected chi connectivity index (χ2v) is 7.93. The number of benzene rings is 3. The fourth-order valence-corrected chi connectivity index (χ4v) is 4.00. The van der Waals surface area contributed by atoms with E-state index in [1.807, 2.05) is 48.5 Å². The molecule has 0 radical (unpaired) electrons. The summed E-state index contributed by atoms with van der Waals surface area (Å²) in [5.41, 5.74) is 1.62. The van der Waals surface area contributed by atoms with Crippen molar-refractivity contribution in [1.82, 2.24) is 10.2 Å². The van der Waals surface area contributed by atoms with Crippen molar-refractivity contribution in [2.75, 3.05) is 47.1 Å². The summed E-state index contributed by atoms with van der Waals surface area (Å²) in [6, 6.07) is 22.6. The van der Waals surface area contributed by atoms with Gasteiger partial charge in [-0.25, -0.2) is 0 Å². The summed E-state index contributed by atoms with van der Waals surface area (Å²) in [4.78, 5) is 15.2. The minimum atomic E-state index is -0.134. The minimum absolute atomic E-state index is 0.0201. The predicted octanol–water partition coefficient (Wildman–Crippen LogP) is 4.30. The number of para-hydroxylation sites is 1. The van der Waals surface area contributed by atoms with Crippen molar-refractivity contribution in [3.63, 3.8) is 0 Å². The van der Waals surface area contributed by atoms with Crippen molar-refractivity contribution in [1.29, 1.82) is 0 Å². The summed E-state index contributed by atoms with van der Waals surface area (Å²) in [6.07, 6.45) is 0. The number of nitrogens with zero attached hydrogens (tertiary/aromatic N) is 1. The Balaban J connectivity index is 1.45. The lowest BCUT2D eigenvalue weighted by Gasteiger charge is -2.35. The van der Waals surface area contributed by atoms with Gasteiger partial charge in [0.1, 0.15) is 11.5 Å². The van der Waals surface area contributed by atoms with E-state index in [2.05, 4.69) is 10.2 Å². The Hall–Kier alpha value is -3.55. The molecule has 7 nitrogen and oxygen atoms in total. The largest absolute Gasteiger partial charge is 0.493 e. The molecule has 4 rings (SSSR count). The first-order valence-corrected chi connectivity index (χ1v) is 11.3. The summed E-state index contributed by atoms with van der Waals surface area (Å²) in [6.45, 7) is 3.37. The number of rotatable bonds is 9. The zero-order valence-electron chi connectivity index (χ0n) is 19.5. The molecule has 1 aliphatic rings. The van der Waals surface area contributed by atoms with Crippen molar-refractivity contribution in [3.8, 4) is 23.0 Å². The van der Waals surface area contributed by atoms with E-state index in [-0.39, 0.29) is 11.9 Å². The lowest BCUT2D eigenvalue weighted by Crippen LogP contribution is -2.43. The molecule has 1 saturated heterocycles. The van der Waals surface area contributed by atoms with E-state index in [0.717, 1.165) is 24.4 Å². The molecule has 0 saturated carbocycles. The van der Waals surface area contributed by atoms with Gasteiger partial charge in [-0.1, -0.05) is 24.3 Å². The molecule has 3 aromatic carbocycles. The molecule has 1 heterocycles. The maximum Gasteiger partial charge on any atom is 0.251 e. The predicted molar refractivity (Wildman–Crippen MR) is 130 cm³/mol. The van der Waals surface area contributed by atoms with E-state index < -0.39 is 0 Å². The molecular weight excluding hydrogens is 432 g/mol. The second kappa shape index (κ2) is 11.5. The zero-order valence-corrected chi connectivity index (χ0v) is 19.5. The lowest BCUT2D eigenvalue weighted by atomic mass is 10.0. The number of hydrogen-bond acceptors (Lipinski definition) is 6. The van der Waals surface area contributed by atoms with Gasteiger partial charge in [-0.15, -0.1) is 0 Å². The normalized spacial score (nSPS) is 14.8.